The third-order valence-corrected chi connectivity index (χ3v) is 5.62. The number of carbonyl (C=O) groups excluding carboxylic acids is 2. The molecule has 0 radical (unpaired) electrons. The fraction of sp³-hybridized carbons (Fsp3) is 0.619. The van der Waals surface area contributed by atoms with Crippen molar-refractivity contribution >= 4 is 11.8 Å². The van der Waals surface area contributed by atoms with Gasteiger partial charge in [0.2, 0.25) is 11.8 Å². The smallest absolute Gasteiger partial charge is 0.237 e. The highest BCUT2D eigenvalue weighted by molar-refractivity contribution is 5.82. The van der Waals surface area contributed by atoms with Gasteiger partial charge in [0.15, 0.2) is 0 Å². The molecule has 142 valence electrons. The molecule has 1 aliphatic carbocycles. The summed E-state index contributed by atoms with van der Waals surface area (Å²) < 4.78 is 0. The van der Waals surface area contributed by atoms with Crippen molar-refractivity contribution in [1.82, 2.24) is 15.1 Å². The number of benzene rings is 1. The van der Waals surface area contributed by atoms with Crippen LogP contribution >= 0.6 is 0 Å². The normalized spacial score (nSPS) is 19.3. The Morgan fingerprint density at radius 2 is 1.85 bits per heavy atom. The Labute approximate surface area is 156 Å². The Balaban J connectivity index is 1.43. The summed E-state index contributed by atoms with van der Waals surface area (Å²) in [5.41, 5.74) is 3.78. The molecule has 2 aliphatic rings. The number of rotatable bonds is 6. The molecule has 2 fully saturated rings. The number of aryl methyl sites for hydroxylation is 3. The number of hydrogen-bond acceptors (Lipinski definition) is 3. The third-order valence-electron chi connectivity index (χ3n) is 5.62. The van der Waals surface area contributed by atoms with Crippen LogP contribution in [-0.2, 0) is 16.0 Å². The van der Waals surface area contributed by atoms with E-state index < -0.39 is 0 Å². The number of carbonyl (C=O) groups is 2. The Morgan fingerprint density at radius 3 is 2.46 bits per heavy atom. The lowest BCUT2D eigenvalue weighted by molar-refractivity contribution is -0.134. The molecule has 1 atom stereocenters. The summed E-state index contributed by atoms with van der Waals surface area (Å²) >= 11 is 0. The van der Waals surface area contributed by atoms with Gasteiger partial charge in [0.1, 0.15) is 0 Å². The zero-order chi connectivity index (χ0) is 18.7. The van der Waals surface area contributed by atoms with Crippen LogP contribution in [-0.4, -0.2) is 59.9 Å². The van der Waals surface area contributed by atoms with Crippen LogP contribution in [0.5, 0.6) is 0 Å². The summed E-state index contributed by atoms with van der Waals surface area (Å²) in [7, 11) is 0. The molecule has 1 aromatic rings. The molecule has 3 rings (SSSR count). The first kappa shape index (κ1) is 18.9. The molecular formula is C21H31N3O2. The molecule has 1 saturated carbocycles. The molecule has 1 aromatic carbocycles. The fourth-order valence-corrected chi connectivity index (χ4v) is 3.60. The van der Waals surface area contributed by atoms with Gasteiger partial charge in [-0.1, -0.05) is 23.8 Å². The SMILES string of the molecule is Cc1ccc(CCC(=O)N2CCN(C(C)C(=O)NC3CC3)CC2)c(C)c1. The molecule has 1 N–H and O–H groups in total. The first-order valence-corrected chi connectivity index (χ1v) is 9.82. The molecule has 1 aliphatic heterocycles. The molecule has 0 aromatic heterocycles. The van der Waals surface area contributed by atoms with Crippen molar-refractivity contribution < 1.29 is 9.59 Å². The van der Waals surface area contributed by atoms with E-state index in [-0.39, 0.29) is 17.9 Å². The minimum atomic E-state index is -0.108. The summed E-state index contributed by atoms with van der Waals surface area (Å²) in [6, 6.07) is 6.71. The van der Waals surface area contributed by atoms with Gasteiger partial charge in [0.05, 0.1) is 6.04 Å². The topological polar surface area (TPSA) is 52.7 Å². The third kappa shape index (κ3) is 4.85. The second-order valence-electron chi connectivity index (χ2n) is 7.81. The van der Waals surface area contributed by atoms with E-state index >= 15 is 0 Å². The van der Waals surface area contributed by atoms with Crippen LogP contribution < -0.4 is 5.32 Å². The maximum Gasteiger partial charge on any atom is 0.237 e. The van der Waals surface area contributed by atoms with E-state index in [2.05, 4.69) is 42.3 Å². The van der Waals surface area contributed by atoms with Crippen molar-refractivity contribution in [3.8, 4) is 0 Å². The van der Waals surface area contributed by atoms with E-state index in [9.17, 15) is 9.59 Å². The summed E-state index contributed by atoms with van der Waals surface area (Å²) in [5, 5.41) is 3.07. The van der Waals surface area contributed by atoms with E-state index in [0.717, 1.165) is 32.4 Å². The maximum atomic E-state index is 12.5. The molecule has 1 unspecified atom stereocenters. The molecular weight excluding hydrogens is 326 g/mol. The first-order valence-electron chi connectivity index (χ1n) is 9.82. The molecule has 5 nitrogen and oxygen atoms in total. The van der Waals surface area contributed by atoms with Crippen molar-refractivity contribution in [3.63, 3.8) is 0 Å². The standard InChI is InChI=1S/C21H31N3O2/c1-15-4-5-18(16(2)14-15)6-9-20(25)24-12-10-23(11-13-24)17(3)21(26)22-19-7-8-19/h4-5,14,17,19H,6-13H2,1-3H3,(H,22,26). The number of piperazine rings is 1. The van der Waals surface area contributed by atoms with Crippen LogP contribution in [0, 0.1) is 13.8 Å². The lowest BCUT2D eigenvalue weighted by atomic mass is 10.0. The number of amides is 2. The van der Waals surface area contributed by atoms with E-state index in [0.29, 0.717) is 25.6 Å². The van der Waals surface area contributed by atoms with E-state index in [1.54, 1.807) is 0 Å². The Bertz CT molecular complexity index is 661. The molecule has 5 heteroatoms. The molecule has 1 saturated heterocycles. The minimum Gasteiger partial charge on any atom is -0.352 e. The highest BCUT2D eigenvalue weighted by Gasteiger charge is 2.30. The second kappa shape index (κ2) is 8.21. The van der Waals surface area contributed by atoms with Crippen LogP contribution in [0.2, 0.25) is 0 Å². The fourth-order valence-electron chi connectivity index (χ4n) is 3.60. The minimum absolute atomic E-state index is 0.108. The highest BCUT2D eigenvalue weighted by atomic mass is 16.2. The lowest BCUT2D eigenvalue weighted by Crippen LogP contribution is -2.55. The highest BCUT2D eigenvalue weighted by Crippen LogP contribution is 2.19. The zero-order valence-corrected chi connectivity index (χ0v) is 16.3. The predicted octanol–water partition coefficient (Wildman–Crippen LogP) is 2.05. The van der Waals surface area contributed by atoms with Crippen molar-refractivity contribution in [2.24, 2.45) is 0 Å². The van der Waals surface area contributed by atoms with Gasteiger partial charge in [0, 0.05) is 38.6 Å². The number of nitrogens with zero attached hydrogens (tertiary/aromatic N) is 2. The molecule has 0 bridgehead atoms. The van der Waals surface area contributed by atoms with Crippen molar-refractivity contribution in [2.45, 2.75) is 58.5 Å². The van der Waals surface area contributed by atoms with Gasteiger partial charge in [-0.15, -0.1) is 0 Å². The van der Waals surface area contributed by atoms with Gasteiger partial charge < -0.3 is 10.2 Å². The van der Waals surface area contributed by atoms with Gasteiger partial charge >= 0.3 is 0 Å². The lowest BCUT2D eigenvalue weighted by Gasteiger charge is -2.37. The van der Waals surface area contributed by atoms with Crippen molar-refractivity contribution in [1.29, 1.82) is 0 Å². The van der Waals surface area contributed by atoms with Gasteiger partial charge in [-0.05, 0) is 51.2 Å². The van der Waals surface area contributed by atoms with Crippen molar-refractivity contribution in [2.75, 3.05) is 26.2 Å². The molecule has 26 heavy (non-hydrogen) atoms. The van der Waals surface area contributed by atoms with Crippen LogP contribution in [0.15, 0.2) is 18.2 Å². The van der Waals surface area contributed by atoms with Gasteiger partial charge in [-0.2, -0.15) is 0 Å². The second-order valence-corrected chi connectivity index (χ2v) is 7.81. The largest absolute Gasteiger partial charge is 0.352 e. The van der Waals surface area contributed by atoms with Crippen LogP contribution in [0.25, 0.3) is 0 Å². The summed E-state index contributed by atoms with van der Waals surface area (Å²) in [6.07, 6.45) is 3.58. The Morgan fingerprint density at radius 1 is 1.15 bits per heavy atom. The van der Waals surface area contributed by atoms with Gasteiger partial charge in [-0.25, -0.2) is 0 Å². The van der Waals surface area contributed by atoms with E-state index in [1.807, 2.05) is 11.8 Å². The van der Waals surface area contributed by atoms with Crippen LogP contribution in [0.3, 0.4) is 0 Å². The summed E-state index contributed by atoms with van der Waals surface area (Å²) in [6.45, 7) is 9.14. The van der Waals surface area contributed by atoms with E-state index in [1.165, 1.54) is 16.7 Å². The molecule has 0 spiro atoms. The molecule has 1 heterocycles. The predicted molar refractivity (Wildman–Crippen MR) is 103 cm³/mol. The number of nitrogens with one attached hydrogen (secondary N) is 1. The summed E-state index contributed by atoms with van der Waals surface area (Å²) in [5.74, 6) is 0.349. The van der Waals surface area contributed by atoms with E-state index in [4.69, 9.17) is 0 Å². The van der Waals surface area contributed by atoms with Crippen molar-refractivity contribution in [3.05, 3.63) is 34.9 Å². The van der Waals surface area contributed by atoms with Gasteiger partial charge in [-0.3, -0.25) is 14.5 Å². The van der Waals surface area contributed by atoms with Gasteiger partial charge in [0.25, 0.3) is 0 Å². The number of hydrogen-bond donors (Lipinski definition) is 1. The maximum absolute atomic E-state index is 12.5. The Kier molecular flexibility index (Phi) is 5.97. The zero-order valence-electron chi connectivity index (χ0n) is 16.3. The van der Waals surface area contributed by atoms with Crippen LogP contribution in [0.1, 0.15) is 42.9 Å². The quantitative estimate of drug-likeness (QED) is 0.848. The summed E-state index contributed by atoms with van der Waals surface area (Å²) in [4.78, 5) is 28.9. The van der Waals surface area contributed by atoms with Crippen LogP contribution in [0.4, 0.5) is 0 Å². The monoisotopic (exact) mass is 357 g/mol. The first-order chi connectivity index (χ1) is 12.4. The average molecular weight is 357 g/mol. The average Bonchev–Trinajstić information content (AvgIpc) is 3.44. The Hall–Kier alpha value is -1.88. The molecule has 2 amide bonds.